The van der Waals surface area contributed by atoms with Crippen LogP contribution in [-0.4, -0.2) is 52.7 Å². The summed E-state index contributed by atoms with van der Waals surface area (Å²) < 4.78 is 7.00. The van der Waals surface area contributed by atoms with Crippen molar-refractivity contribution in [3.8, 4) is 11.6 Å². The first kappa shape index (κ1) is 13.1. The molecule has 1 saturated heterocycles. The molecule has 0 saturated carbocycles. The van der Waals surface area contributed by atoms with Gasteiger partial charge in [-0.3, -0.25) is 0 Å². The van der Waals surface area contributed by atoms with E-state index in [1.165, 1.54) is 0 Å². The number of hydrogen-bond donors (Lipinski definition) is 1. The third kappa shape index (κ3) is 2.19. The first-order valence-electron chi connectivity index (χ1n) is 7.34. The second-order valence-corrected chi connectivity index (χ2v) is 5.61. The quantitative estimate of drug-likeness (QED) is 0.769. The van der Waals surface area contributed by atoms with E-state index < -0.39 is 0 Å². The van der Waals surface area contributed by atoms with Crippen molar-refractivity contribution < 1.29 is 4.42 Å². The van der Waals surface area contributed by atoms with E-state index in [-0.39, 0.29) is 0 Å². The Balaban J connectivity index is 1.73. The minimum atomic E-state index is 0.548. The van der Waals surface area contributed by atoms with Crippen LogP contribution in [0.5, 0.6) is 0 Å². The number of fused-ring (bicyclic) bond motifs is 1. The van der Waals surface area contributed by atoms with Gasteiger partial charge in [-0.15, -0.1) is 5.10 Å². The van der Waals surface area contributed by atoms with Gasteiger partial charge < -0.3 is 20.0 Å². The van der Waals surface area contributed by atoms with Crippen LogP contribution in [0, 0.1) is 0 Å². The maximum Gasteiger partial charge on any atom is 0.217 e. The number of rotatable bonds is 2. The zero-order chi connectivity index (χ0) is 15.1. The lowest BCUT2D eigenvalue weighted by molar-refractivity contribution is 0.313. The fourth-order valence-corrected chi connectivity index (χ4v) is 2.75. The third-order valence-corrected chi connectivity index (χ3v) is 4.06. The summed E-state index contributed by atoms with van der Waals surface area (Å²) in [6, 6.07) is 7.65. The first-order chi connectivity index (χ1) is 10.7. The van der Waals surface area contributed by atoms with Gasteiger partial charge in [0.25, 0.3) is 0 Å². The van der Waals surface area contributed by atoms with Gasteiger partial charge in [0.1, 0.15) is 5.82 Å². The molecular formula is C15H18N6O. The van der Waals surface area contributed by atoms with Gasteiger partial charge >= 0.3 is 0 Å². The molecule has 1 fully saturated rings. The molecular weight excluding hydrogens is 280 g/mol. The number of nitrogens with two attached hydrogens (primary N) is 1. The van der Waals surface area contributed by atoms with Crippen molar-refractivity contribution in [3.05, 3.63) is 30.5 Å². The molecule has 7 heteroatoms. The molecule has 22 heavy (non-hydrogen) atoms. The molecule has 1 aliphatic heterocycles. The Morgan fingerprint density at radius 3 is 2.73 bits per heavy atom. The van der Waals surface area contributed by atoms with E-state index in [9.17, 15) is 0 Å². The molecule has 3 aromatic rings. The van der Waals surface area contributed by atoms with E-state index in [1.54, 1.807) is 10.8 Å². The Kier molecular flexibility index (Phi) is 3.00. The van der Waals surface area contributed by atoms with Crippen molar-refractivity contribution in [2.24, 2.45) is 0 Å². The molecule has 7 nitrogen and oxygen atoms in total. The van der Waals surface area contributed by atoms with Crippen molar-refractivity contribution in [2.75, 3.05) is 43.9 Å². The number of hydrogen-bond acceptors (Lipinski definition) is 6. The van der Waals surface area contributed by atoms with Gasteiger partial charge in [0.15, 0.2) is 11.4 Å². The summed E-state index contributed by atoms with van der Waals surface area (Å²) >= 11 is 0. The number of aromatic nitrogens is 3. The number of likely N-dealkylation sites (N-methyl/N-ethyl adjacent to an activating group) is 1. The number of nitrogens with zero attached hydrogens (tertiary/aromatic N) is 5. The predicted octanol–water partition coefficient (Wildman–Crippen LogP) is 1.32. The third-order valence-electron chi connectivity index (χ3n) is 4.06. The van der Waals surface area contributed by atoms with Crippen LogP contribution >= 0.6 is 0 Å². The number of nitrogen functional groups attached to an aromatic ring is 1. The van der Waals surface area contributed by atoms with Gasteiger partial charge in [0.05, 0.1) is 6.26 Å². The van der Waals surface area contributed by atoms with Crippen LogP contribution in [0.4, 0.5) is 11.5 Å². The Morgan fingerprint density at radius 2 is 2.00 bits per heavy atom. The normalized spacial score (nSPS) is 16.5. The number of piperazine rings is 1. The van der Waals surface area contributed by atoms with E-state index in [0.717, 1.165) is 37.5 Å². The molecule has 0 spiro atoms. The van der Waals surface area contributed by atoms with Crippen LogP contribution in [0.2, 0.25) is 0 Å². The van der Waals surface area contributed by atoms with Crippen LogP contribution < -0.4 is 10.6 Å². The molecule has 0 unspecified atom stereocenters. The molecule has 4 heterocycles. The van der Waals surface area contributed by atoms with Crippen molar-refractivity contribution in [1.29, 1.82) is 0 Å². The van der Waals surface area contributed by atoms with Crippen LogP contribution in [0.1, 0.15) is 0 Å². The van der Waals surface area contributed by atoms with Gasteiger partial charge in [0, 0.05) is 44.0 Å². The van der Waals surface area contributed by atoms with Crippen molar-refractivity contribution in [2.45, 2.75) is 0 Å². The second kappa shape index (κ2) is 5.03. The smallest absolute Gasteiger partial charge is 0.217 e. The zero-order valence-electron chi connectivity index (χ0n) is 12.4. The van der Waals surface area contributed by atoms with E-state index in [1.807, 2.05) is 24.3 Å². The monoisotopic (exact) mass is 298 g/mol. The molecule has 0 amide bonds. The van der Waals surface area contributed by atoms with Gasteiger partial charge in [-0.2, -0.15) is 4.52 Å². The lowest BCUT2D eigenvalue weighted by Gasteiger charge is -2.34. The molecule has 4 rings (SSSR count). The first-order valence-corrected chi connectivity index (χ1v) is 7.34. The lowest BCUT2D eigenvalue weighted by atomic mass is 10.2. The van der Waals surface area contributed by atoms with Crippen LogP contribution in [-0.2, 0) is 0 Å². The summed E-state index contributed by atoms with van der Waals surface area (Å²) in [5, 5.41) is 4.41. The standard InChI is InChI=1S/C15H18N6O/c1-19-4-6-20(7-5-19)11-9-13(16)21-14(10-11)17-15(18-21)12-3-2-8-22-12/h2-3,8-10H,4-7,16H2,1H3. The Hall–Kier alpha value is -2.54. The van der Waals surface area contributed by atoms with E-state index in [4.69, 9.17) is 10.2 Å². The molecule has 1 aliphatic rings. The van der Waals surface area contributed by atoms with Crippen molar-refractivity contribution in [1.82, 2.24) is 19.5 Å². The zero-order valence-corrected chi connectivity index (χ0v) is 12.4. The molecule has 114 valence electrons. The Labute approximate surface area is 127 Å². The highest BCUT2D eigenvalue weighted by molar-refractivity contribution is 5.65. The molecule has 0 aromatic carbocycles. The summed E-state index contributed by atoms with van der Waals surface area (Å²) in [6.07, 6.45) is 1.61. The molecule has 0 radical (unpaired) electrons. The Bertz CT molecular complexity index is 786. The lowest BCUT2D eigenvalue weighted by Crippen LogP contribution is -2.44. The topological polar surface area (TPSA) is 75.8 Å². The van der Waals surface area contributed by atoms with Crippen LogP contribution in [0.3, 0.4) is 0 Å². The SMILES string of the molecule is CN1CCN(c2cc(N)n3nc(-c4ccco4)nc3c2)CC1. The van der Waals surface area contributed by atoms with Crippen LogP contribution in [0.15, 0.2) is 34.9 Å². The van der Waals surface area contributed by atoms with E-state index in [2.05, 4.69) is 26.9 Å². The highest BCUT2D eigenvalue weighted by Crippen LogP contribution is 2.24. The summed E-state index contributed by atoms with van der Waals surface area (Å²) in [6.45, 7) is 4.08. The maximum absolute atomic E-state index is 6.15. The minimum Gasteiger partial charge on any atom is -0.461 e. The van der Waals surface area contributed by atoms with Crippen molar-refractivity contribution >= 4 is 17.2 Å². The summed E-state index contributed by atoms with van der Waals surface area (Å²) in [4.78, 5) is 9.18. The minimum absolute atomic E-state index is 0.548. The van der Waals surface area contributed by atoms with Gasteiger partial charge in [-0.25, -0.2) is 4.98 Å². The maximum atomic E-state index is 6.15. The molecule has 2 N–H and O–H groups in total. The molecule has 0 aliphatic carbocycles. The number of anilines is 2. The number of furan rings is 1. The molecule has 0 atom stereocenters. The Morgan fingerprint density at radius 1 is 1.18 bits per heavy atom. The van der Waals surface area contributed by atoms with Gasteiger partial charge in [0.2, 0.25) is 5.82 Å². The largest absolute Gasteiger partial charge is 0.461 e. The fourth-order valence-electron chi connectivity index (χ4n) is 2.75. The summed E-state index contributed by atoms with van der Waals surface area (Å²) in [5.74, 6) is 1.77. The predicted molar refractivity (Wildman–Crippen MR) is 84.8 cm³/mol. The second-order valence-electron chi connectivity index (χ2n) is 5.61. The number of pyridine rings is 1. The highest BCUT2D eigenvalue weighted by Gasteiger charge is 2.17. The molecule has 3 aromatic heterocycles. The van der Waals surface area contributed by atoms with Crippen LogP contribution in [0.25, 0.3) is 17.2 Å². The van der Waals surface area contributed by atoms with E-state index >= 15 is 0 Å². The van der Waals surface area contributed by atoms with Gasteiger partial charge in [-0.05, 0) is 19.2 Å². The van der Waals surface area contributed by atoms with E-state index in [0.29, 0.717) is 17.4 Å². The average molecular weight is 298 g/mol. The highest BCUT2D eigenvalue weighted by atomic mass is 16.3. The van der Waals surface area contributed by atoms with Gasteiger partial charge in [-0.1, -0.05) is 0 Å². The van der Waals surface area contributed by atoms with Crippen molar-refractivity contribution in [3.63, 3.8) is 0 Å². The molecule has 0 bridgehead atoms. The summed E-state index contributed by atoms with van der Waals surface area (Å²) in [7, 11) is 2.14. The average Bonchev–Trinajstić information content (AvgIpc) is 3.17. The fraction of sp³-hybridized carbons (Fsp3) is 0.333. The summed E-state index contributed by atoms with van der Waals surface area (Å²) in [5.41, 5.74) is 7.98.